The summed E-state index contributed by atoms with van der Waals surface area (Å²) in [4.78, 5) is 35.7. The third kappa shape index (κ3) is 6.01. The fraction of sp³-hybridized carbons (Fsp3) is 0.0476. The highest BCUT2D eigenvalue weighted by Crippen LogP contribution is 2.14. The predicted octanol–water partition coefficient (Wildman–Crippen LogP) is 2.98. The van der Waals surface area contributed by atoms with Gasteiger partial charge >= 0.3 is 5.97 Å². The summed E-state index contributed by atoms with van der Waals surface area (Å²) in [6.45, 7) is -0.206. The molecule has 2 amide bonds. The summed E-state index contributed by atoms with van der Waals surface area (Å²) in [7, 11) is 0. The molecule has 3 rings (SSSR count). The third-order valence-corrected chi connectivity index (χ3v) is 4.68. The smallest absolute Gasteiger partial charge is 0.379 e. The molecular weight excluding hydrogens is 501 g/mol. The number of benzene rings is 2. The number of furan rings is 1. The van der Waals surface area contributed by atoms with Crippen LogP contribution in [-0.2, 0) is 4.79 Å². The highest BCUT2D eigenvalue weighted by Gasteiger charge is 2.11. The van der Waals surface area contributed by atoms with Gasteiger partial charge in [-0.05, 0) is 76.7 Å². The molecule has 0 saturated carbocycles. The molecule has 3 aromatic rings. The molecule has 0 radical (unpaired) electrons. The van der Waals surface area contributed by atoms with E-state index in [4.69, 9.17) is 9.15 Å². The second-order valence-electron chi connectivity index (χ2n) is 5.89. The van der Waals surface area contributed by atoms with Crippen molar-refractivity contribution in [3.63, 3.8) is 0 Å². The number of hydrazone groups is 1. The van der Waals surface area contributed by atoms with E-state index in [1.54, 1.807) is 42.5 Å². The minimum absolute atomic E-state index is 0.109. The lowest BCUT2D eigenvalue weighted by atomic mass is 10.2. The van der Waals surface area contributed by atoms with Crippen LogP contribution in [0.1, 0.15) is 26.5 Å². The van der Waals surface area contributed by atoms with Crippen molar-refractivity contribution in [1.82, 2.24) is 10.7 Å². The van der Waals surface area contributed by atoms with Crippen molar-refractivity contribution in [3.05, 3.63) is 87.4 Å². The van der Waals surface area contributed by atoms with E-state index in [-0.39, 0.29) is 18.2 Å². The van der Waals surface area contributed by atoms with Crippen LogP contribution in [0.4, 0.5) is 0 Å². The quantitative estimate of drug-likeness (QED) is 0.165. The molecule has 0 saturated heterocycles. The molecule has 0 aliphatic rings. The summed E-state index contributed by atoms with van der Waals surface area (Å²) < 4.78 is 10.9. The van der Waals surface area contributed by atoms with Crippen LogP contribution in [0.5, 0.6) is 5.75 Å². The van der Waals surface area contributed by atoms with Gasteiger partial charge in [-0.3, -0.25) is 9.59 Å². The standard InChI is InChI=1S/C21H16IN3O5/c22-17-5-2-1-4-16(17)20(27)23-13-19(26)25-24-12-14-7-9-15(10-8-14)30-21(28)18-6-3-11-29-18/h1-12H,13H2,(H,23,27)(H,25,26). The number of ether oxygens (including phenoxy) is 1. The number of hydrogen-bond acceptors (Lipinski definition) is 6. The van der Waals surface area contributed by atoms with Gasteiger partial charge in [0.2, 0.25) is 5.76 Å². The van der Waals surface area contributed by atoms with E-state index in [1.165, 1.54) is 18.5 Å². The van der Waals surface area contributed by atoms with Crippen LogP contribution < -0.4 is 15.5 Å². The zero-order chi connectivity index (χ0) is 21.3. The van der Waals surface area contributed by atoms with Crippen LogP contribution in [0.15, 0.2) is 76.4 Å². The first kappa shape index (κ1) is 21.2. The first-order valence-electron chi connectivity index (χ1n) is 8.73. The number of rotatable bonds is 7. The van der Waals surface area contributed by atoms with E-state index < -0.39 is 11.9 Å². The van der Waals surface area contributed by atoms with Crippen molar-refractivity contribution in [1.29, 1.82) is 0 Å². The van der Waals surface area contributed by atoms with Crippen LogP contribution in [-0.4, -0.2) is 30.5 Å². The summed E-state index contributed by atoms with van der Waals surface area (Å²) >= 11 is 2.06. The van der Waals surface area contributed by atoms with Crippen LogP contribution >= 0.6 is 22.6 Å². The van der Waals surface area contributed by atoms with E-state index in [2.05, 4.69) is 38.4 Å². The normalized spacial score (nSPS) is 10.6. The molecule has 0 bridgehead atoms. The summed E-state index contributed by atoms with van der Waals surface area (Å²) in [6.07, 6.45) is 2.82. The summed E-state index contributed by atoms with van der Waals surface area (Å²) in [5, 5.41) is 6.38. The maximum atomic E-state index is 12.1. The van der Waals surface area contributed by atoms with Gasteiger partial charge in [-0.2, -0.15) is 5.10 Å². The van der Waals surface area contributed by atoms with Gasteiger partial charge in [0.1, 0.15) is 5.75 Å². The van der Waals surface area contributed by atoms with Gasteiger partial charge in [0, 0.05) is 3.57 Å². The molecule has 0 fully saturated rings. The van der Waals surface area contributed by atoms with Crippen molar-refractivity contribution in [2.24, 2.45) is 5.10 Å². The fourth-order valence-corrected chi connectivity index (χ4v) is 2.93. The van der Waals surface area contributed by atoms with Crippen molar-refractivity contribution < 1.29 is 23.5 Å². The molecule has 2 aromatic carbocycles. The highest BCUT2D eigenvalue weighted by molar-refractivity contribution is 14.1. The first-order valence-corrected chi connectivity index (χ1v) is 9.81. The van der Waals surface area contributed by atoms with Crippen LogP contribution in [0.25, 0.3) is 0 Å². The Hall–Kier alpha value is -3.47. The topological polar surface area (TPSA) is 110 Å². The van der Waals surface area contributed by atoms with E-state index in [9.17, 15) is 14.4 Å². The van der Waals surface area contributed by atoms with E-state index in [0.29, 0.717) is 16.9 Å². The van der Waals surface area contributed by atoms with Crippen molar-refractivity contribution >= 4 is 46.6 Å². The summed E-state index contributed by atoms with van der Waals surface area (Å²) in [5.74, 6) is -0.942. The van der Waals surface area contributed by atoms with E-state index in [0.717, 1.165) is 3.57 Å². The molecule has 152 valence electrons. The Morgan fingerprint density at radius 1 is 1.03 bits per heavy atom. The number of esters is 1. The Morgan fingerprint density at radius 2 is 1.80 bits per heavy atom. The molecule has 0 aliphatic heterocycles. The number of hydrogen-bond donors (Lipinski definition) is 2. The Morgan fingerprint density at radius 3 is 2.50 bits per heavy atom. The first-order chi connectivity index (χ1) is 14.5. The number of nitrogens with zero attached hydrogens (tertiary/aromatic N) is 1. The summed E-state index contributed by atoms with van der Waals surface area (Å²) in [6, 6.07) is 16.7. The number of halogens is 1. The lowest BCUT2D eigenvalue weighted by Crippen LogP contribution is -2.35. The predicted molar refractivity (Wildman–Crippen MR) is 117 cm³/mol. The monoisotopic (exact) mass is 517 g/mol. The number of carbonyl (C=O) groups excluding carboxylic acids is 3. The number of carbonyl (C=O) groups is 3. The molecule has 1 heterocycles. The molecule has 0 unspecified atom stereocenters. The van der Waals surface area contributed by atoms with Gasteiger partial charge in [0.15, 0.2) is 0 Å². The Bertz CT molecular complexity index is 1060. The zero-order valence-corrected chi connectivity index (χ0v) is 17.7. The molecule has 0 atom stereocenters. The van der Waals surface area contributed by atoms with Crippen LogP contribution in [0, 0.1) is 3.57 Å². The molecular formula is C21H16IN3O5. The molecule has 0 aliphatic carbocycles. The highest BCUT2D eigenvalue weighted by atomic mass is 127. The van der Waals surface area contributed by atoms with Crippen molar-refractivity contribution in [2.45, 2.75) is 0 Å². The van der Waals surface area contributed by atoms with Gasteiger partial charge in [0.25, 0.3) is 11.8 Å². The van der Waals surface area contributed by atoms with E-state index >= 15 is 0 Å². The van der Waals surface area contributed by atoms with Gasteiger partial charge in [-0.15, -0.1) is 0 Å². The lowest BCUT2D eigenvalue weighted by molar-refractivity contribution is -0.120. The second-order valence-corrected chi connectivity index (χ2v) is 7.05. The molecule has 30 heavy (non-hydrogen) atoms. The number of amides is 2. The Balaban J connectivity index is 1.44. The maximum absolute atomic E-state index is 12.1. The molecule has 0 spiro atoms. The molecule has 1 aromatic heterocycles. The lowest BCUT2D eigenvalue weighted by Gasteiger charge is -2.05. The SMILES string of the molecule is O=C(CNC(=O)c1ccccc1I)NN=Cc1ccc(OC(=O)c2ccco2)cc1. The van der Waals surface area contributed by atoms with E-state index in [1.807, 2.05) is 12.1 Å². The maximum Gasteiger partial charge on any atom is 0.379 e. The van der Waals surface area contributed by atoms with Crippen molar-refractivity contribution in [2.75, 3.05) is 6.54 Å². The average Bonchev–Trinajstić information content (AvgIpc) is 3.29. The van der Waals surface area contributed by atoms with Crippen molar-refractivity contribution in [3.8, 4) is 5.75 Å². The fourth-order valence-electron chi connectivity index (χ4n) is 2.29. The van der Waals surface area contributed by atoms with Gasteiger partial charge in [-0.1, -0.05) is 12.1 Å². The van der Waals surface area contributed by atoms with Crippen LogP contribution in [0.3, 0.4) is 0 Å². The molecule has 2 N–H and O–H groups in total. The Labute approximate surface area is 185 Å². The summed E-state index contributed by atoms with van der Waals surface area (Å²) in [5.41, 5.74) is 3.51. The third-order valence-electron chi connectivity index (χ3n) is 3.74. The largest absolute Gasteiger partial charge is 0.457 e. The number of nitrogens with one attached hydrogen (secondary N) is 2. The molecule has 9 heteroatoms. The minimum Gasteiger partial charge on any atom is -0.457 e. The minimum atomic E-state index is -0.596. The zero-order valence-electron chi connectivity index (χ0n) is 15.5. The molecule has 8 nitrogen and oxygen atoms in total. The van der Waals surface area contributed by atoms with Gasteiger partial charge in [-0.25, -0.2) is 10.2 Å². The van der Waals surface area contributed by atoms with Gasteiger partial charge in [0.05, 0.1) is 24.6 Å². The average molecular weight is 517 g/mol. The Kier molecular flexibility index (Phi) is 7.33. The second kappa shape index (κ2) is 10.3. The van der Waals surface area contributed by atoms with Gasteiger partial charge < -0.3 is 14.5 Å². The van der Waals surface area contributed by atoms with Crippen LogP contribution in [0.2, 0.25) is 0 Å².